The first kappa shape index (κ1) is 20.1. The number of nitrogens with zero attached hydrogens (tertiary/aromatic N) is 4. The largest absolute Gasteiger partial charge is 0.356 e. The Kier molecular flexibility index (Phi) is 5.47. The number of carbonyl (C=O) groups is 1. The van der Waals surface area contributed by atoms with Crippen LogP contribution in [0.4, 0.5) is 10.2 Å². The molecule has 5 nitrogen and oxygen atoms in total. The first-order chi connectivity index (χ1) is 13.8. The second-order valence-electron chi connectivity index (χ2n) is 9.10. The van der Waals surface area contributed by atoms with Gasteiger partial charge in [0.1, 0.15) is 11.6 Å². The van der Waals surface area contributed by atoms with E-state index in [2.05, 4.69) is 27.7 Å². The summed E-state index contributed by atoms with van der Waals surface area (Å²) in [6.45, 7) is 6.44. The molecule has 0 bridgehead atoms. The number of amides is 1. The molecule has 2 fully saturated rings. The van der Waals surface area contributed by atoms with Gasteiger partial charge in [-0.05, 0) is 64.0 Å². The van der Waals surface area contributed by atoms with Gasteiger partial charge in [-0.3, -0.25) is 4.79 Å². The van der Waals surface area contributed by atoms with Gasteiger partial charge in [0, 0.05) is 56.0 Å². The van der Waals surface area contributed by atoms with Gasteiger partial charge in [0.2, 0.25) is 5.91 Å². The maximum Gasteiger partial charge on any atom is 0.222 e. The SMILES string of the molecule is Cc1cc(N2CCCC3(CCC(=O)N(CCN(C)C)C3)C2)nc2cc(F)ccc12. The van der Waals surface area contributed by atoms with Crippen molar-refractivity contribution in [3.05, 3.63) is 35.6 Å². The van der Waals surface area contributed by atoms with Crippen LogP contribution in [0.2, 0.25) is 0 Å². The van der Waals surface area contributed by atoms with Crippen molar-refractivity contribution in [1.29, 1.82) is 0 Å². The van der Waals surface area contributed by atoms with E-state index < -0.39 is 0 Å². The number of aryl methyl sites for hydroxylation is 1. The predicted octanol–water partition coefficient (Wildman–Crippen LogP) is 3.45. The van der Waals surface area contributed by atoms with Gasteiger partial charge in [0.05, 0.1) is 5.52 Å². The number of likely N-dealkylation sites (tertiary alicyclic amines) is 1. The van der Waals surface area contributed by atoms with Gasteiger partial charge in [0.25, 0.3) is 0 Å². The summed E-state index contributed by atoms with van der Waals surface area (Å²) in [6, 6.07) is 6.95. The highest BCUT2D eigenvalue weighted by atomic mass is 19.1. The minimum atomic E-state index is -0.251. The molecule has 1 aromatic carbocycles. The molecule has 0 radical (unpaired) electrons. The number of halogens is 1. The Bertz CT molecular complexity index is 915. The fourth-order valence-corrected chi connectivity index (χ4v) is 4.88. The number of benzene rings is 1. The predicted molar refractivity (Wildman–Crippen MR) is 115 cm³/mol. The van der Waals surface area contributed by atoms with Crippen molar-refractivity contribution in [1.82, 2.24) is 14.8 Å². The Hall–Kier alpha value is -2.21. The lowest BCUT2D eigenvalue weighted by Gasteiger charge is -2.48. The summed E-state index contributed by atoms with van der Waals surface area (Å²) < 4.78 is 13.7. The van der Waals surface area contributed by atoms with Crippen LogP contribution in [0.5, 0.6) is 0 Å². The molecule has 2 saturated heterocycles. The molecule has 6 heteroatoms. The molecule has 4 rings (SSSR count). The average molecular weight is 399 g/mol. The van der Waals surface area contributed by atoms with E-state index in [1.54, 1.807) is 0 Å². The Labute approximate surface area is 172 Å². The zero-order valence-electron chi connectivity index (χ0n) is 17.7. The van der Waals surface area contributed by atoms with E-state index in [0.29, 0.717) is 11.9 Å². The van der Waals surface area contributed by atoms with Crippen molar-refractivity contribution >= 4 is 22.6 Å². The molecule has 0 aliphatic carbocycles. The standard InChI is InChI=1S/C23H31FN4O/c1-17-13-21(25-20-14-18(24)5-6-19(17)20)27-10-4-8-23(15-27)9-7-22(29)28(16-23)12-11-26(2)3/h5-6,13-14H,4,7-12,15-16H2,1-3H3. The molecule has 0 N–H and O–H groups in total. The van der Waals surface area contributed by atoms with Gasteiger partial charge in [-0.25, -0.2) is 9.37 Å². The van der Waals surface area contributed by atoms with Crippen LogP contribution in [0.1, 0.15) is 31.2 Å². The van der Waals surface area contributed by atoms with Crippen molar-refractivity contribution < 1.29 is 9.18 Å². The number of carbonyl (C=O) groups excluding carboxylic acids is 1. The molecule has 2 aliphatic heterocycles. The van der Waals surface area contributed by atoms with Gasteiger partial charge in [-0.15, -0.1) is 0 Å². The van der Waals surface area contributed by atoms with Crippen LogP contribution in [0.3, 0.4) is 0 Å². The van der Waals surface area contributed by atoms with Crippen molar-refractivity contribution in [2.75, 3.05) is 51.7 Å². The summed E-state index contributed by atoms with van der Waals surface area (Å²) in [4.78, 5) is 23.8. The van der Waals surface area contributed by atoms with Gasteiger partial charge in [-0.1, -0.05) is 0 Å². The number of anilines is 1. The number of likely N-dealkylation sites (N-methyl/N-ethyl adjacent to an activating group) is 1. The van der Waals surface area contributed by atoms with E-state index in [9.17, 15) is 9.18 Å². The topological polar surface area (TPSA) is 39.7 Å². The number of hydrogen-bond donors (Lipinski definition) is 0. The molecule has 1 unspecified atom stereocenters. The lowest BCUT2D eigenvalue weighted by Crippen LogP contribution is -2.55. The number of aromatic nitrogens is 1. The van der Waals surface area contributed by atoms with E-state index >= 15 is 0 Å². The number of rotatable bonds is 4. The Morgan fingerprint density at radius 3 is 2.83 bits per heavy atom. The molecule has 0 saturated carbocycles. The zero-order valence-corrected chi connectivity index (χ0v) is 17.7. The maximum absolute atomic E-state index is 13.7. The number of pyridine rings is 1. The van der Waals surface area contributed by atoms with E-state index in [-0.39, 0.29) is 17.1 Å². The van der Waals surface area contributed by atoms with E-state index in [4.69, 9.17) is 4.98 Å². The molecule has 156 valence electrons. The molecular formula is C23H31FN4O. The van der Waals surface area contributed by atoms with Crippen LogP contribution in [0.25, 0.3) is 10.9 Å². The van der Waals surface area contributed by atoms with Crippen molar-refractivity contribution in [2.45, 2.75) is 32.6 Å². The van der Waals surface area contributed by atoms with Gasteiger partial charge < -0.3 is 14.7 Å². The average Bonchev–Trinajstić information content (AvgIpc) is 2.68. The maximum atomic E-state index is 13.7. The third-order valence-electron chi connectivity index (χ3n) is 6.52. The molecule has 1 amide bonds. The fourth-order valence-electron chi connectivity index (χ4n) is 4.88. The molecule has 1 atom stereocenters. The van der Waals surface area contributed by atoms with E-state index in [0.717, 1.165) is 68.8 Å². The van der Waals surface area contributed by atoms with Crippen LogP contribution in [0, 0.1) is 18.2 Å². The monoisotopic (exact) mass is 398 g/mol. The molecule has 3 heterocycles. The minimum absolute atomic E-state index is 0.130. The summed E-state index contributed by atoms with van der Waals surface area (Å²) in [5, 5.41) is 1.000. The highest BCUT2D eigenvalue weighted by Gasteiger charge is 2.42. The molecule has 1 aromatic heterocycles. The van der Waals surface area contributed by atoms with Crippen LogP contribution in [-0.4, -0.2) is 67.5 Å². The lowest BCUT2D eigenvalue weighted by atomic mass is 9.73. The number of piperidine rings is 2. The third kappa shape index (κ3) is 4.22. The molecule has 29 heavy (non-hydrogen) atoms. The third-order valence-corrected chi connectivity index (χ3v) is 6.52. The van der Waals surface area contributed by atoms with Crippen LogP contribution >= 0.6 is 0 Å². The highest BCUT2D eigenvalue weighted by Crippen LogP contribution is 2.40. The Morgan fingerprint density at radius 2 is 2.03 bits per heavy atom. The lowest BCUT2D eigenvalue weighted by molar-refractivity contribution is -0.138. The van der Waals surface area contributed by atoms with Crippen molar-refractivity contribution in [2.24, 2.45) is 5.41 Å². The van der Waals surface area contributed by atoms with E-state index in [1.807, 2.05) is 20.2 Å². The first-order valence-corrected chi connectivity index (χ1v) is 10.6. The summed E-state index contributed by atoms with van der Waals surface area (Å²) in [6.07, 6.45) is 3.83. The Balaban J connectivity index is 1.56. The van der Waals surface area contributed by atoms with E-state index in [1.165, 1.54) is 12.1 Å². The Morgan fingerprint density at radius 1 is 1.21 bits per heavy atom. The van der Waals surface area contributed by atoms with Crippen LogP contribution in [-0.2, 0) is 4.79 Å². The molecule has 2 aliphatic rings. The summed E-state index contributed by atoms with van der Waals surface area (Å²) in [7, 11) is 4.09. The number of hydrogen-bond acceptors (Lipinski definition) is 4. The number of fused-ring (bicyclic) bond motifs is 1. The van der Waals surface area contributed by atoms with Gasteiger partial charge in [-0.2, -0.15) is 0 Å². The second kappa shape index (κ2) is 7.90. The highest BCUT2D eigenvalue weighted by molar-refractivity contribution is 5.84. The summed E-state index contributed by atoms with van der Waals surface area (Å²) >= 11 is 0. The van der Waals surface area contributed by atoms with Crippen molar-refractivity contribution in [3.8, 4) is 0 Å². The van der Waals surface area contributed by atoms with Gasteiger partial charge >= 0.3 is 0 Å². The fraction of sp³-hybridized carbons (Fsp3) is 0.565. The smallest absolute Gasteiger partial charge is 0.222 e. The minimum Gasteiger partial charge on any atom is -0.356 e. The van der Waals surface area contributed by atoms with Crippen LogP contribution < -0.4 is 4.90 Å². The normalized spacial score (nSPS) is 22.9. The van der Waals surface area contributed by atoms with Gasteiger partial charge in [0.15, 0.2) is 0 Å². The summed E-state index contributed by atoms with van der Waals surface area (Å²) in [5.74, 6) is 0.958. The quantitative estimate of drug-likeness (QED) is 0.791. The molecular weight excluding hydrogens is 367 g/mol. The zero-order chi connectivity index (χ0) is 20.6. The summed E-state index contributed by atoms with van der Waals surface area (Å²) in [5.41, 5.74) is 1.97. The molecule has 1 spiro atoms. The van der Waals surface area contributed by atoms with Crippen LogP contribution in [0.15, 0.2) is 24.3 Å². The molecule has 2 aromatic rings. The second-order valence-corrected chi connectivity index (χ2v) is 9.10. The van der Waals surface area contributed by atoms with Crippen molar-refractivity contribution in [3.63, 3.8) is 0 Å². The first-order valence-electron chi connectivity index (χ1n) is 10.6.